The summed E-state index contributed by atoms with van der Waals surface area (Å²) in [7, 11) is 1.90. The number of hydrogen-bond acceptors (Lipinski definition) is 2. The molecule has 1 N–H and O–H groups in total. The molecule has 0 saturated carbocycles. The van der Waals surface area contributed by atoms with Crippen LogP contribution in [0.3, 0.4) is 0 Å². The first-order valence-electron chi connectivity index (χ1n) is 3.77. The van der Waals surface area contributed by atoms with Gasteiger partial charge in [0.15, 0.2) is 0 Å². The fourth-order valence-corrected chi connectivity index (χ4v) is 1.11. The minimum Gasteiger partial charge on any atom is -0.341 e. The summed E-state index contributed by atoms with van der Waals surface area (Å²) in [5.74, 6) is 0.913. The SMILES string of the molecule is Cc1ncc(-c2ccn(C)n2)[nH]1. The highest BCUT2D eigenvalue weighted by molar-refractivity contribution is 5.52. The molecule has 0 aliphatic carbocycles. The first kappa shape index (κ1) is 7.09. The van der Waals surface area contributed by atoms with Gasteiger partial charge in [-0.2, -0.15) is 5.10 Å². The molecule has 0 atom stereocenters. The molecule has 2 rings (SSSR count). The molecule has 0 spiro atoms. The van der Waals surface area contributed by atoms with Gasteiger partial charge in [-0.1, -0.05) is 0 Å². The van der Waals surface area contributed by atoms with Gasteiger partial charge in [-0.25, -0.2) is 4.98 Å². The van der Waals surface area contributed by atoms with E-state index in [-0.39, 0.29) is 0 Å². The summed E-state index contributed by atoms with van der Waals surface area (Å²) in [6, 6.07) is 1.95. The summed E-state index contributed by atoms with van der Waals surface area (Å²) in [5.41, 5.74) is 1.89. The number of nitrogens with one attached hydrogen (secondary N) is 1. The molecule has 2 aromatic rings. The Kier molecular flexibility index (Phi) is 1.46. The second-order valence-electron chi connectivity index (χ2n) is 2.76. The number of H-pyrrole nitrogens is 1. The summed E-state index contributed by atoms with van der Waals surface area (Å²) in [6.45, 7) is 1.92. The number of imidazole rings is 1. The van der Waals surface area contributed by atoms with E-state index in [1.54, 1.807) is 10.9 Å². The molecule has 0 bridgehead atoms. The van der Waals surface area contributed by atoms with E-state index in [4.69, 9.17) is 0 Å². The third-order valence-electron chi connectivity index (χ3n) is 1.69. The normalized spacial score (nSPS) is 10.5. The van der Waals surface area contributed by atoms with Crippen molar-refractivity contribution in [1.82, 2.24) is 19.7 Å². The molecule has 0 saturated heterocycles. The van der Waals surface area contributed by atoms with Crippen molar-refractivity contribution in [2.45, 2.75) is 6.92 Å². The fourth-order valence-electron chi connectivity index (χ4n) is 1.11. The van der Waals surface area contributed by atoms with Gasteiger partial charge >= 0.3 is 0 Å². The zero-order valence-corrected chi connectivity index (χ0v) is 7.07. The Morgan fingerprint density at radius 3 is 2.83 bits per heavy atom. The van der Waals surface area contributed by atoms with Gasteiger partial charge in [0.25, 0.3) is 0 Å². The van der Waals surface area contributed by atoms with Crippen LogP contribution in [0.2, 0.25) is 0 Å². The Hall–Kier alpha value is -1.58. The number of aryl methyl sites for hydroxylation is 2. The number of nitrogens with zero attached hydrogens (tertiary/aromatic N) is 3. The Labute approximate surface area is 70.3 Å². The molecule has 62 valence electrons. The molecule has 0 amide bonds. The standard InChI is InChI=1S/C8H10N4/c1-6-9-5-8(10-6)7-3-4-12(2)11-7/h3-5H,1-2H3,(H,9,10). The van der Waals surface area contributed by atoms with Crippen LogP contribution in [0.25, 0.3) is 11.4 Å². The highest BCUT2D eigenvalue weighted by Gasteiger charge is 2.02. The highest BCUT2D eigenvalue weighted by Crippen LogP contribution is 2.12. The van der Waals surface area contributed by atoms with Crippen molar-refractivity contribution in [3.63, 3.8) is 0 Å². The van der Waals surface area contributed by atoms with Crippen LogP contribution in [0, 0.1) is 6.92 Å². The molecule has 0 aromatic carbocycles. The van der Waals surface area contributed by atoms with Gasteiger partial charge in [0.05, 0.1) is 11.9 Å². The maximum Gasteiger partial charge on any atom is 0.110 e. The van der Waals surface area contributed by atoms with E-state index in [1.807, 2.05) is 26.2 Å². The van der Waals surface area contributed by atoms with Gasteiger partial charge in [0, 0.05) is 13.2 Å². The molecule has 0 aliphatic rings. The smallest absolute Gasteiger partial charge is 0.110 e. The summed E-state index contributed by atoms with van der Waals surface area (Å²) in [6.07, 6.45) is 3.70. The minimum atomic E-state index is 0.913. The number of rotatable bonds is 1. The van der Waals surface area contributed by atoms with Gasteiger partial charge in [-0.05, 0) is 13.0 Å². The van der Waals surface area contributed by atoms with Crippen molar-refractivity contribution in [2.24, 2.45) is 7.05 Å². The van der Waals surface area contributed by atoms with Crippen LogP contribution in [0.4, 0.5) is 0 Å². The van der Waals surface area contributed by atoms with E-state index in [9.17, 15) is 0 Å². The molecule has 4 nitrogen and oxygen atoms in total. The van der Waals surface area contributed by atoms with Crippen LogP contribution in [0.1, 0.15) is 5.82 Å². The average Bonchev–Trinajstić information content (AvgIpc) is 2.58. The van der Waals surface area contributed by atoms with Crippen molar-refractivity contribution in [2.75, 3.05) is 0 Å². The second-order valence-corrected chi connectivity index (χ2v) is 2.76. The number of hydrogen-bond donors (Lipinski definition) is 1. The maximum absolute atomic E-state index is 4.24. The molecular formula is C8H10N4. The van der Waals surface area contributed by atoms with E-state index < -0.39 is 0 Å². The van der Waals surface area contributed by atoms with Crippen LogP contribution >= 0.6 is 0 Å². The Balaban J connectivity index is 2.43. The van der Waals surface area contributed by atoms with Gasteiger partial charge in [0.1, 0.15) is 11.5 Å². The highest BCUT2D eigenvalue weighted by atomic mass is 15.3. The first-order chi connectivity index (χ1) is 5.75. The molecule has 4 heteroatoms. The van der Waals surface area contributed by atoms with Gasteiger partial charge in [-0.3, -0.25) is 4.68 Å². The predicted octanol–water partition coefficient (Wildman–Crippen LogP) is 1.12. The Morgan fingerprint density at radius 2 is 2.33 bits per heavy atom. The fraction of sp³-hybridized carbons (Fsp3) is 0.250. The zero-order chi connectivity index (χ0) is 8.55. The lowest BCUT2D eigenvalue weighted by atomic mass is 10.3. The summed E-state index contributed by atoms with van der Waals surface area (Å²) < 4.78 is 1.77. The lowest BCUT2D eigenvalue weighted by Crippen LogP contribution is -1.87. The van der Waals surface area contributed by atoms with E-state index in [2.05, 4.69) is 15.1 Å². The van der Waals surface area contributed by atoms with Gasteiger partial charge in [-0.15, -0.1) is 0 Å². The maximum atomic E-state index is 4.24. The van der Waals surface area contributed by atoms with Crippen molar-refractivity contribution in [3.8, 4) is 11.4 Å². The minimum absolute atomic E-state index is 0.913. The van der Waals surface area contributed by atoms with E-state index in [0.717, 1.165) is 17.2 Å². The monoisotopic (exact) mass is 162 g/mol. The molecule has 0 radical (unpaired) electrons. The van der Waals surface area contributed by atoms with Crippen molar-refractivity contribution < 1.29 is 0 Å². The first-order valence-corrected chi connectivity index (χ1v) is 3.77. The molecular weight excluding hydrogens is 152 g/mol. The summed E-state index contributed by atoms with van der Waals surface area (Å²) >= 11 is 0. The molecule has 2 heterocycles. The third-order valence-corrected chi connectivity index (χ3v) is 1.69. The zero-order valence-electron chi connectivity index (χ0n) is 7.07. The van der Waals surface area contributed by atoms with Crippen LogP contribution in [0.15, 0.2) is 18.5 Å². The Morgan fingerprint density at radius 1 is 1.50 bits per heavy atom. The molecule has 0 aliphatic heterocycles. The molecule has 0 unspecified atom stereocenters. The van der Waals surface area contributed by atoms with Crippen molar-refractivity contribution in [3.05, 3.63) is 24.3 Å². The molecule has 2 aromatic heterocycles. The topological polar surface area (TPSA) is 46.5 Å². The molecule has 12 heavy (non-hydrogen) atoms. The lowest BCUT2D eigenvalue weighted by molar-refractivity contribution is 0.770. The van der Waals surface area contributed by atoms with Gasteiger partial charge in [0.2, 0.25) is 0 Å². The molecule has 0 fully saturated rings. The van der Waals surface area contributed by atoms with E-state index in [1.165, 1.54) is 0 Å². The van der Waals surface area contributed by atoms with Crippen LogP contribution in [-0.2, 0) is 7.05 Å². The van der Waals surface area contributed by atoms with E-state index in [0.29, 0.717) is 0 Å². The van der Waals surface area contributed by atoms with Crippen molar-refractivity contribution in [1.29, 1.82) is 0 Å². The van der Waals surface area contributed by atoms with Crippen LogP contribution < -0.4 is 0 Å². The third kappa shape index (κ3) is 1.11. The van der Waals surface area contributed by atoms with E-state index >= 15 is 0 Å². The predicted molar refractivity (Wildman–Crippen MR) is 45.5 cm³/mol. The number of aromatic amines is 1. The van der Waals surface area contributed by atoms with Gasteiger partial charge < -0.3 is 4.98 Å². The number of aromatic nitrogens is 4. The Bertz CT molecular complexity index is 347. The van der Waals surface area contributed by atoms with Crippen LogP contribution in [-0.4, -0.2) is 19.7 Å². The van der Waals surface area contributed by atoms with Crippen LogP contribution in [0.5, 0.6) is 0 Å². The largest absolute Gasteiger partial charge is 0.341 e. The second kappa shape index (κ2) is 2.48. The quantitative estimate of drug-likeness (QED) is 0.683. The van der Waals surface area contributed by atoms with Crippen molar-refractivity contribution >= 4 is 0 Å². The average molecular weight is 162 g/mol. The summed E-state index contributed by atoms with van der Waals surface area (Å²) in [5, 5.41) is 4.24. The summed E-state index contributed by atoms with van der Waals surface area (Å²) in [4.78, 5) is 7.22. The lowest BCUT2D eigenvalue weighted by Gasteiger charge is -1.88.